The van der Waals surface area contributed by atoms with Gasteiger partial charge in [0.2, 0.25) is 0 Å². The monoisotopic (exact) mass is 1390 g/mol. The predicted octanol–water partition coefficient (Wildman–Crippen LogP) is 16.1. The van der Waals surface area contributed by atoms with Crippen molar-refractivity contribution in [1.82, 2.24) is 38.3 Å². The average molecular weight is 1390 g/mol. The van der Waals surface area contributed by atoms with E-state index in [1.54, 1.807) is 47.1 Å². The third kappa shape index (κ3) is 21.5. The first-order valence-corrected chi connectivity index (χ1v) is 35.6. The number of nitro groups is 2. The SMILES string of the molecule is ClCCN1CCCC1.N=C(Sc1ccccc1)c1cccs1.NC(=Nc1ccc2ccn(CCN3CCCC3)c2c1)c1cccs1.Nc1ccc2ccn(CCN3CCCC3)c2c1.O=[N+]([O-])c1ccc2cc[nH]c2c1.O=[N+]([O-])c1ccc2ccn(CCN3CCCC3)c2c1.[V]. The number of thioether (sulfide) groups is 1. The fraction of sp³-hybridized carbons (Fsp3) is 0.333. The van der Waals surface area contributed by atoms with Crippen LogP contribution < -0.4 is 11.5 Å². The number of nitrogen functional groups attached to an aromatic ring is 1. The van der Waals surface area contributed by atoms with Gasteiger partial charge in [0, 0.05) is 135 Å². The molecule has 18 nitrogen and oxygen atoms in total. The zero-order valence-electron chi connectivity index (χ0n) is 53.7. The summed E-state index contributed by atoms with van der Waals surface area (Å²) in [5, 5.41) is 38.3. The van der Waals surface area contributed by atoms with Crippen molar-refractivity contribution in [3.63, 3.8) is 0 Å². The number of H-pyrrole nitrogens is 1. The first-order chi connectivity index (χ1) is 45.9. The minimum atomic E-state index is -0.402. The maximum absolute atomic E-state index is 10.8. The quantitative estimate of drug-likeness (QED) is 0.0128. The Balaban J connectivity index is 0.000000137. The summed E-state index contributed by atoms with van der Waals surface area (Å²) in [5.74, 6) is 1.37. The molecule has 0 unspecified atom stereocenters. The van der Waals surface area contributed by atoms with Gasteiger partial charge < -0.3 is 49.8 Å². The second-order valence-electron chi connectivity index (χ2n) is 23.7. The maximum atomic E-state index is 10.8. The molecule has 4 fully saturated rings. The first kappa shape index (κ1) is 71.8. The molecule has 6 N–H and O–H groups in total. The zero-order chi connectivity index (χ0) is 65.4. The maximum Gasteiger partial charge on any atom is 0.271 e. The summed E-state index contributed by atoms with van der Waals surface area (Å²) in [6.07, 6.45) is 18.8. The number of alkyl halides is 1. The molecule has 0 amide bonds. The number of fused-ring (bicyclic) bond motifs is 4. The third-order valence-electron chi connectivity index (χ3n) is 17.2. The number of thiophene rings is 2. The van der Waals surface area contributed by atoms with E-state index in [0.29, 0.717) is 10.9 Å². The number of nitrogens with one attached hydrogen (secondary N) is 2. The number of benzene rings is 5. The molecule has 5 aromatic carbocycles. The Labute approximate surface area is 585 Å². The predicted molar refractivity (Wildman–Crippen MR) is 393 cm³/mol. The number of anilines is 1. The summed E-state index contributed by atoms with van der Waals surface area (Å²) in [5.41, 5.74) is 18.2. The number of likely N-dealkylation sites (tertiary alicyclic amines) is 4. The van der Waals surface area contributed by atoms with Gasteiger partial charge in [0.15, 0.2) is 0 Å². The summed E-state index contributed by atoms with van der Waals surface area (Å²) >= 11 is 10.3. The zero-order valence-corrected chi connectivity index (χ0v) is 58.3. The minimum absolute atomic E-state index is 0. The third-order valence-corrected chi connectivity index (χ3v) is 20.2. The van der Waals surface area contributed by atoms with Gasteiger partial charge in [-0.05, 0) is 216 Å². The Bertz CT molecular complexity index is 4170. The molecule has 4 aliphatic heterocycles. The van der Waals surface area contributed by atoms with E-state index in [4.69, 9.17) is 28.5 Å². The van der Waals surface area contributed by atoms with Gasteiger partial charge in [-0.2, -0.15) is 0 Å². The Hall–Kier alpha value is -7.54. The smallest absolute Gasteiger partial charge is 0.271 e. The van der Waals surface area contributed by atoms with Gasteiger partial charge in [0.25, 0.3) is 11.4 Å². The molecular weight excluding hydrogens is 1310 g/mol. The van der Waals surface area contributed by atoms with Crippen molar-refractivity contribution < 1.29 is 28.4 Å². The molecule has 0 spiro atoms. The summed E-state index contributed by atoms with van der Waals surface area (Å²) in [6.45, 7) is 17.3. The molecule has 0 bridgehead atoms. The van der Waals surface area contributed by atoms with Crippen molar-refractivity contribution in [2.24, 2.45) is 10.7 Å². The molecule has 0 atom stereocenters. The van der Waals surface area contributed by atoms with Crippen LogP contribution in [0.1, 0.15) is 61.1 Å². The van der Waals surface area contributed by atoms with Crippen molar-refractivity contribution in [2.75, 3.05) is 90.2 Å². The number of aromatic nitrogens is 4. The number of nitrogens with two attached hydrogens (primary N) is 2. The molecule has 0 aliphatic carbocycles. The van der Waals surface area contributed by atoms with E-state index in [9.17, 15) is 20.2 Å². The molecule has 23 heteroatoms. The van der Waals surface area contributed by atoms with Gasteiger partial charge in [-0.25, -0.2) is 4.99 Å². The average Bonchev–Trinajstić information content (AvgIpc) is 1.73. The minimum Gasteiger partial charge on any atom is -0.399 e. The Morgan fingerprint density at radius 1 is 0.526 bits per heavy atom. The summed E-state index contributed by atoms with van der Waals surface area (Å²) in [4.78, 5) is 41.1. The van der Waals surface area contributed by atoms with Crippen LogP contribution in [0.15, 0.2) is 197 Å². The van der Waals surface area contributed by atoms with Crippen LogP contribution in [-0.4, -0.2) is 143 Å². The number of halogens is 1. The van der Waals surface area contributed by atoms with Crippen molar-refractivity contribution in [2.45, 2.75) is 75.9 Å². The first-order valence-electron chi connectivity index (χ1n) is 32.5. The van der Waals surface area contributed by atoms with Crippen LogP contribution in [0.4, 0.5) is 22.7 Å². The van der Waals surface area contributed by atoms with E-state index in [2.05, 4.69) is 92.1 Å². The van der Waals surface area contributed by atoms with Crippen LogP contribution in [0.5, 0.6) is 0 Å². The number of non-ortho nitro benzene ring substituents is 2. The Kier molecular flexibility index (Phi) is 28.0. The molecule has 95 heavy (non-hydrogen) atoms. The molecule has 1 radical (unpaired) electrons. The van der Waals surface area contributed by atoms with Gasteiger partial charge in [0.1, 0.15) is 10.9 Å². The van der Waals surface area contributed by atoms with E-state index in [-0.39, 0.29) is 34.9 Å². The van der Waals surface area contributed by atoms with Gasteiger partial charge in [-0.15, -0.1) is 34.3 Å². The van der Waals surface area contributed by atoms with E-state index < -0.39 is 4.92 Å². The van der Waals surface area contributed by atoms with E-state index in [1.165, 1.54) is 149 Å². The van der Waals surface area contributed by atoms with Crippen molar-refractivity contribution in [3.05, 3.63) is 217 Å². The number of hydrogen-bond acceptors (Lipinski definition) is 14. The summed E-state index contributed by atoms with van der Waals surface area (Å²) in [7, 11) is 0. The standard InChI is InChI=1S/C19H22N4S.C14H17N3O2.C14H19N3.C11H9NS2.C8H6N2O2.C6H12ClN.V/c20-19(18-4-3-13-24-18)21-16-6-5-15-7-10-23(17(15)14-16)12-11-22-8-1-2-9-22;18-17(19)13-4-3-12-5-8-16(14(12)11-13)10-9-15-6-1-2-7-15;15-13-4-3-12-5-8-17(14(12)11-13)10-9-16-6-1-2-7-16;12-11(10-7-4-8-13-10)14-9-5-2-1-3-6-9;11-10(12)7-2-1-6-3-4-9-8(6)5-7;7-3-6-8-4-1-2-5-8;/h3-7,10,13-14H,1-2,8-9,11-12H2,(H2,20,21);3-5,8,11H,1-2,6-7,9-10H2;3-5,8,11H,1-2,6-7,9-10,15H2;1-8,12H;1-5,9H;1-6H2;. The van der Waals surface area contributed by atoms with Crippen LogP contribution in [0.2, 0.25) is 0 Å². The van der Waals surface area contributed by atoms with Gasteiger partial charge >= 0.3 is 0 Å². The normalized spacial score (nSPS) is 15.0. The second kappa shape index (κ2) is 37.1. The van der Waals surface area contributed by atoms with Crippen LogP contribution in [0.25, 0.3) is 43.6 Å². The summed E-state index contributed by atoms with van der Waals surface area (Å²) < 4.78 is 6.75. The fourth-order valence-corrected chi connectivity index (χ4v) is 14.4. The molecular formula is C72H85ClN14O4S3V. The fourth-order valence-electron chi connectivity index (χ4n) is 12.0. The second-order valence-corrected chi connectivity index (χ2v) is 27.0. The van der Waals surface area contributed by atoms with Crippen molar-refractivity contribution >= 4 is 123 Å². The van der Waals surface area contributed by atoms with E-state index in [1.807, 2.05) is 102 Å². The molecule has 0 saturated carbocycles. The van der Waals surface area contributed by atoms with Crippen LogP contribution in [-0.2, 0) is 38.2 Å². The number of amidine groups is 1. The summed E-state index contributed by atoms with van der Waals surface area (Å²) in [6, 6.07) is 48.4. The van der Waals surface area contributed by atoms with Crippen LogP contribution in [0.3, 0.4) is 0 Å². The van der Waals surface area contributed by atoms with Gasteiger partial charge in [-0.3, -0.25) is 25.6 Å². The number of nitro benzene ring substituents is 2. The Morgan fingerprint density at radius 3 is 1.47 bits per heavy atom. The van der Waals surface area contributed by atoms with Crippen molar-refractivity contribution in [1.29, 1.82) is 5.41 Å². The van der Waals surface area contributed by atoms with Gasteiger partial charge in [0.05, 0.1) is 47.4 Å². The molecule has 11 aromatic rings. The number of aliphatic imine (C=N–C) groups is 1. The van der Waals surface area contributed by atoms with Crippen molar-refractivity contribution in [3.8, 4) is 0 Å². The van der Waals surface area contributed by atoms with Gasteiger partial charge in [-0.1, -0.05) is 54.2 Å². The largest absolute Gasteiger partial charge is 0.399 e. The molecule has 10 heterocycles. The van der Waals surface area contributed by atoms with Crippen LogP contribution >= 0.6 is 46.0 Å². The van der Waals surface area contributed by atoms with E-state index >= 15 is 0 Å². The van der Waals surface area contributed by atoms with Crippen LogP contribution in [0, 0.1) is 25.6 Å². The Morgan fingerprint density at radius 2 is 0.979 bits per heavy atom. The molecule has 15 rings (SSSR count). The number of aromatic amines is 1. The molecule has 4 saturated heterocycles. The number of nitrogens with zero attached hydrogens (tertiary/aromatic N) is 10. The van der Waals surface area contributed by atoms with E-state index in [0.717, 1.165) is 99.5 Å². The number of hydrogen-bond donors (Lipinski definition) is 4. The molecule has 497 valence electrons. The number of rotatable bonds is 17. The molecule has 6 aromatic heterocycles. The topological polar surface area (TPSA) is 218 Å². The molecule has 4 aliphatic rings.